The molecule has 1 aliphatic rings. The van der Waals surface area contributed by atoms with Crippen LogP contribution in [0.4, 0.5) is 0 Å². The topological polar surface area (TPSA) is 51.5 Å². The van der Waals surface area contributed by atoms with Gasteiger partial charge in [-0.3, -0.25) is 0 Å². The second-order valence-electron chi connectivity index (χ2n) is 3.42. The Labute approximate surface area is 94.3 Å². The first-order valence-electron chi connectivity index (χ1n) is 5.25. The van der Waals surface area contributed by atoms with Crippen molar-refractivity contribution in [2.45, 2.75) is 12.7 Å². The molecular weight excluding hydrogens is 206 g/mol. The highest BCUT2D eigenvalue weighted by molar-refractivity contribution is 5.42. The van der Waals surface area contributed by atoms with E-state index in [1.165, 1.54) is 0 Å². The molecule has 4 heteroatoms. The lowest BCUT2D eigenvalue weighted by molar-refractivity contribution is -0.0531. The molecule has 1 aliphatic heterocycles. The molecule has 1 saturated heterocycles. The summed E-state index contributed by atoms with van der Waals surface area (Å²) in [5.74, 6) is 0.614. The van der Waals surface area contributed by atoms with Crippen molar-refractivity contribution in [3.05, 3.63) is 29.8 Å². The quantitative estimate of drug-likeness (QED) is 0.773. The number of hydrogen-bond acceptors (Lipinski definition) is 4. The minimum absolute atomic E-state index is 0.158. The maximum atomic E-state index is 8.85. The zero-order valence-corrected chi connectivity index (χ0v) is 8.89. The van der Waals surface area contributed by atoms with Crippen LogP contribution in [0, 0.1) is 11.3 Å². The van der Waals surface area contributed by atoms with Crippen molar-refractivity contribution >= 4 is 0 Å². The third-order valence-corrected chi connectivity index (χ3v) is 2.31. The largest absolute Gasteiger partial charge is 0.492 e. The number of rotatable bonds is 4. The average molecular weight is 219 g/mol. The molecule has 1 fully saturated rings. The van der Waals surface area contributed by atoms with Gasteiger partial charge in [-0.05, 0) is 12.1 Å². The highest BCUT2D eigenvalue weighted by Crippen LogP contribution is 2.17. The van der Waals surface area contributed by atoms with Crippen molar-refractivity contribution in [1.29, 1.82) is 5.26 Å². The van der Waals surface area contributed by atoms with E-state index in [9.17, 15) is 0 Å². The van der Waals surface area contributed by atoms with Crippen molar-refractivity contribution in [2.24, 2.45) is 0 Å². The Morgan fingerprint density at radius 1 is 1.31 bits per heavy atom. The third-order valence-electron chi connectivity index (χ3n) is 2.31. The first-order valence-corrected chi connectivity index (χ1v) is 5.25. The first-order chi connectivity index (χ1) is 7.90. The van der Waals surface area contributed by atoms with Gasteiger partial charge in [-0.25, -0.2) is 0 Å². The standard InChI is InChI=1S/C12H13NO3/c13-9-10-3-1-2-4-11(10)14-6-5-12-15-7-8-16-12/h1-4,12H,5-8H2. The number of nitrogens with zero attached hydrogens (tertiary/aromatic N) is 1. The minimum Gasteiger partial charge on any atom is -0.492 e. The van der Waals surface area contributed by atoms with Gasteiger partial charge in [0.05, 0.1) is 25.4 Å². The molecule has 0 unspecified atom stereocenters. The van der Waals surface area contributed by atoms with Crippen molar-refractivity contribution in [3.63, 3.8) is 0 Å². The van der Waals surface area contributed by atoms with E-state index in [0.717, 1.165) is 0 Å². The van der Waals surface area contributed by atoms with E-state index >= 15 is 0 Å². The Bertz CT molecular complexity index is 380. The maximum absolute atomic E-state index is 8.85. The van der Waals surface area contributed by atoms with Crippen LogP contribution in [0.15, 0.2) is 24.3 Å². The van der Waals surface area contributed by atoms with Gasteiger partial charge in [0.1, 0.15) is 11.8 Å². The Morgan fingerprint density at radius 3 is 2.81 bits per heavy atom. The lowest BCUT2D eigenvalue weighted by atomic mass is 10.2. The van der Waals surface area contributed by atoms with Gasteiger partial charge in [0, 0.05) is 6.42 Å². The molecular formula is C12H13NO3. The molecule has 4 nitrogen and oxygen atoms in total. The smallest absolute Gasteiger partial charge is 0.161 e. The monoisotopic (exact) mass is 219 g/mol. The number of hydrogen-bond donors (Lipinski definition) is 0. The van der Waals surface area contributed by atoms with Crippen LogP contribution < -0.4 is 4.74 Å². The molecule has 0 radical (unpaired) electrons. The van der Waals surface area contributed by atoms with Crippen LogP contribution in [0.2, 0.25) is 0 Å². The maximum Gasteiger partial charge on any atom is 0.161 e. The molecule has 0 saturated carbocycles. The summed E-state index contributed by atoms with van der Waals surface area (Å²) in [4.78, 5) is 0. The van der Waals surface area contributed by atoms with Gasteiger partial charge in [0.15, 0.2) is 6.29 Å². The molecule has 0 N–H and O–H groups in total. The zero-order valence-electron chi connectivity index (χ0n) is 8.89. The molecule has 84 valence electrons. The second kappa shape index (κ2) is 5.50. The molecule has 0 atom stereocenters. The SMILES string of the molecule is N#Cc1ccccc1OCCC1OCCO1. The van der Waals surface area contributed by atoms with Gasteiger partial charge < -0.3 is 14.2 Å². The van der Waals surface area contributed by atoms with Crippen molar-refractivity contribution < 1.29 is 14.2 Å². The number of para-hydroxylation sites is 1. The van der Waals surface area contributed by atoms with Crippen LogP contribution in [-0.4, -0.2) is 26.1 Å². The molecule has 2 rings (SSSR count). The lowest BCUT2D eigenvalue weighted by Gasteiger charge is -2.10. The van der Waals surface area contributed by atoms with E-state index in [1.807, 2.05) is 12.1 Å². The summed E-state index contributed by atoms with van der Waals surface area (Å²) in [7, 11) is 0. The summed E-state index contributed by atoms with van der Waals surface area (Å²) >= 11 is 0. The van der Waals surface area contributed by atoms with E-state index in [1.54, 1.807) is 12.1 Å². The first kappa shape index (κ1) is 10.9. The van der Waals surface area contributed by atoms with Gasteiger partial charge in [-0.15, -0.1) is 0 Å². The fourth-order valence-corrected chi connectivity index (χ4v) is 1.52. The molecule has 0 aliphatic carbocycles. The van der Waals surface area contributed by atoms with Crippen LogP contribution in [-0.2, 0) is 9.47 Å². The molecule has 0 aromatic heterocycles. The number of ether oxygens (including phenoxy) is 3. The molecule has 0 amide bonds. The molecule has 1 aromatic carbocycles. The van der Waals surface area contributed by atoms with Crippen LogP contribution in [0.5, 0.6) is 5.75 Å². The number of nitriles is 1. The van der Waals surface area contributed by atoms with Gasteiger partial charge in [0.2, 0.25) is 0 Å². The minimum atomic E-state index is -0.158. The highest BCUT2D eigenvalue weighted by Gasteiger charge is 2.15. The fraction of sp³-hybridized carbons (Fsp3) is 0.417. The molecule has 0 spiro atoms. The third kappa shape index (κ3) is 2.72. The number of benzene rings is 1. The molecule has 1 heterocycles. The van der Waals surface area contributed by atoms with Crippen molar-refractivity contribution in [1.82, 2.24) is 0 Å². The predicted molar refractivity (Wildman–Crippen MR) is 57.0 cm³/mol. The molecule has 1 aromatic rings. The Kier molecular flexibility index (Phi) is 3.76. The second-order valence-corrected chi connectivity index (χ2v) is 3.42. The van der Waals surface area contributed by atoms with Crippen LogP contribution in [0.3, 0.4) is 0 Å². The summed E-state index contributed by atoms with van der Waals surface area (Å²) in [6.07, 6.45) is 0.522. The van der Waals surface area contributed by atoms with Crippen molar-refractivity contribution in [3.8, 4) is 11.8 Å². The lowest BCUT2D eigenvalue weighted by Crippen LogP contribution is -2.12. The predicted octanol–water partition coefficient (Wildman–Crippen LogP) is 1.70. The van der Waals surface area contributed by atoms with Crippen LogP contribution in [0.25, 0.3) is 0 Å². The molecule has 16 heavy (non-hydrogen) atoms. The van der Waals surface area contributed by atoms with Gasteiger partial charge in [-0.2, -0.15) is 5.26 Å². The van der Waals surface area contributed by atoms with E-state index in [-0.39, 0.29) is 6.29 Å². The summed E-state index contributed by atoms with van der Waals surface area (Å²) < 4.78 is 16.1. The van der Waals surface area contributed by atoms with E-state index < -0.39 is 0 Å². The van der Waals surface area contributed by atoms with E-state index in [4.69, 9.17) is 19.5 Å². The summed E-state index contributed by atoms with van der Waals surface area (Å²) in [5, 5.41) is 8.85. The average Bonchev–Trinajstić information content (AvgIpc) is 2.83. The summed E-state index contributed by atoms with van der Waals surface area (Å²) in [5.41, 5.74) is 0.552. The van der Waals surface area contributed by atoms with E-state index in [0.29, 0.717) is 37.6 Å². The highest BCUT2D eigenvalue weighted by atomic mass is 16.7. The van der Waals surface area contributed by atoms with Crippen molar-refractivity contribution in [2.75, 3.05) is 19.8 Å². The van der Waals surface area contributed by atoms with Gasteiger partial charge in [-0.1, -0.05) is 12.1 Å². The van der Waals surface area contributed by atoms with Gasteiger partial charge in [0.25, 0.3) is 0 Å². The summed E-state index contributed by atoms with van der Waals surface area (Å²) in [6, 6.07) is 9.27. The van der Waals surface area contributed by atoms with Crippen LogP contribution >= 0.6 is 0 Å². The fourth-order valence-electron chi connectivity index (χ4n) is 1.52. The Morgan fingerprint density at radius 2 is 2.06 bits per heavy atom. The Hall–Kier alpha value is -1.57. The molecule has 0 bridgehead atoms. The van der Waals surface area contributed by atoms with E-state index in [2.05, 4.69) is 6.07 Å². The Balaban J connectivity index is 1.82. The summed E-state index contributed by atoms with van der Waals surface area (Å²) in [6.45, 7) is 1.79. The zero-order chi connectivity index (χ0) is 11.2. The normalized spacial score (nSPS) is 15.9. The van der Waals surface area contributed by atoms with Gasteiger partial charge >= 0.3 is 0 Å². The van der Waals surface area contributed by atoms with Crippen LogP contribution in [0.1, 0.15) is 12.0 Å².